The summed E-state index contributed by atoms with van der Waals surface area (Å²) in [6.07, 6.45) is 0. The van der Waals surface area contributed by atoms with Crippen molar-refractivity contribution in [2.45, 2.75) is 26.4 Å². The molecule has 1 rings (SSSR count). The zero-order valence-corrected chi connectivity index (χ0v) is 10.4. The van der Waals surface area contributed by atoms with E-state index >= 15 is 0 Å². The summed E-state index contributed by atoms with van der Waals surface area (Å²) in [4.78, 5) is 0. The summed E-state index contributed by atoms with van der Waals surface area (Å²) in [5, 5.41) is 0. The predicted octanol–water partition coefficient (Wildman–Crippen LogP) is 3.30. The SMILES string of the molecule is CCOP1(=O)C=C(I)C(C)(C)O1. The van der Waals surface area contributed by atoms with E-state index in [1.54, 1.807) is 12.7 Å². The molecule has 1 aliphatic rings. The van der Waals surface area contributed by atoms with Crippen molar-refractivity contribution in [1.82, 2.24) is 0 Å². The van der Waals surface area contributed by atoms with Gasteiger partial charge in [-0.15, -0.1) is 0 Å². The van der Waals surface area contributed by atoms with Gasteiger partial charge in [0.25, 0.3) is 0 Å². The van der Waals surface area contributed by atoms with Crippen LogP contribution < -0.4 is 0 Å². The Labute approximate surface area is 86.2 Å². The summed E-state index contributed by atoms with van der Waals surface area (Å²) in [6, 6.07) is 0. The van der Waals surface area contributed by atoms with Crippen LogP contribution in [0.15, 0.2) is 9.40 Å². The Kier molecular flexibility index (Phi) is 3.04. The molecule has 1 atom stereocenters. The number of rotatable bonds is 2. The molecule has 0 N–H and O–H groups in total. The monoisotopic (exact) mass is 302 g/mol. The third-order valence-corrected chi connectivity index (χ3v) is 5.52. The Balaban J connectivity index is 2.85. The molecule has 0 saturated heterocycles. The summed E-state index contributed by atoms with van der Waals surface area (Å²) in [6.45, 7) is 5.97. The molecule has 0 radical (unpaired) electrons. The summed E-state index contributed by atoms with van der Waals surface area (Å²) >= 11 is 2.12. The predicted molar refractivity (Wildman–Crippen MR) is 56.5 cm³/mol. The van der Waals surface area contributed by atoms with Crippen LogP contribution in [0.4, 0.5) is 0 Å². The summed E-state index contributed by atoms with van der Waals surface area (Å²) in [5.41, 5.74) is -0.453. The average molecular weight is 302 g/mol. The van der Waals surface area contributed by atoms with Gasteiger partial charge in [0.15, 0.2) is 0 Å². The maximum atomic E-state index is 11.7. The molecule has 3 nitrogen and oxygen atoms in total. The Bertz CT molecular complexity index is 259. The van der Waals surface area contributed by atoms with Crippen LogP contribution in [0.1, 0.15) is 20.8 Å². The second-order valence-electron chi connectivity index (χ2n) is 3.04. The van der Waals surface area contributed by atoms with Crippen LogP contribution in [0, 0.1) is 0 Å². The first-order valence-electron chi connectivity index (χ1n) is 3.73. The van der Waals surface area contributed by atoms with E-state index in [1.165, 1.54) is 0 Å². The lowest BCUT2D eigenvalue weighted by Crippen LogP contribution is -2.18. The van der Waals surface area contributed by atoms with Crippen molar-refractivity contribution in [3.05, 3.63) is 9.40 Å². The van der Waals surface area contributed by atoms with Crippen LogP contribution in [0.3, 0.4) is 0 Å². The molecule has 0 fully saturated rings. The summed E-state index contributed by atoms with van der Waals surface area (Å²) in [5.74, 6) is 1.59. The van der Waals surface area contributed by atoms with E-state index < -0.39 is 13.2 Å². The van der Waals surface area contributed by atoms with Crippen molar-refractivity contribution in [2.24, 2.45) is 0 Å². The van der Waals surface area contributed by atoms with Gasteiger partial charge >= 0.3 is 7.60 Å². The molecular formula is C7H12IO3P. The van der Waals surface area contributed by atoms with Gasteiger partial charge in [-0.3, -0.25) is 9.09 Å². The van der Waals surface area contributed by atoms with Crippen molar-refractivity contribution < 1.29 is 13.6 Å². The van der Waals surface area contributed by atoms with Crippen molar-refractivity contribution in [3.63, 3.8) is 0 Å². The quantitative estimate of drug-likeness (QED) is 0.580. The molecule has 0 spiro atoms. The van der Waals surface area contributed by atoms with Crippen molar-refractivity contribution in [1.29, 1.82) is 0 Å². The molecule has 0 bridgehead atoms. The van der Waals surface area contributed by atoms with E-state index in [-0.39, 0.29) is 0 Å². The first kappa shape index (κ1) is 10.7. The number of hydrogen-bond donors (Lipinski definition) is 0. The zero-order chi connectivity index (χ0) is 9.41. The van der Waals surface area contributed by atoms with Gasteiger partial charge in [-0.1, -0.05) is 0 Å². The van der Waals surface area contributed by atoms with E-state index in [9.17, 15) is 4.57 Å². The minimum atomic E-state index is -2.92. The highest BCUT2D eigenvalue weighted by Crippen LogP contribution is 2.61. The maximum Gasteiger partial charge on any atom is 0.355 e. The van der Waals surface area contributed by atoms with Gasteiger partial charge in [-0.2, -0.15) is 0 Å². The lowest BCUT2D eigenvalue weighted by atomic mass is 10.1. The molecule has 0 amide bonds. The van der Waals surface area contributed by atoms with E-state index in [0.29, 0.717) is 6.61 Å². The molecule has 0 aromatic heterocycles. The van der Waals surface area contributed by atoms with Gasteiger partial charge in [-0.05, 0) is 43.4 Å². The zero-order valence-electron chi connectivity index (χ0n) is 7.33. The van der Waals surface area contributed by atoms with E-state index in [4.69, 9.17) is 9.05 Å². The molecule has 1 unspecified atom stereocenters. The van der Waals surface area contributed by atoms with Crippen molar-refractivity contribution in [3.8, 4) is 0 Å². The van der Waals surface area contributed by atoms with Crippen LogP contribution >= 0.6 is 30.2 Å². The molecule has 1 aliphatic heterocycles. The fourth-order valence-electron chi connectivity index (χ4n) is 0.926. The molecule has 12 heavy (non-hydrogen) atoms. The highest BCUT2D eigenvalue weighted by atomic mass is 127. The average Bonchev–Trinajstić information content (AvgIpc) is 2.02. The summed E-state index contributed by atoms with van der Waals surface area (Å²) in [7, 11) is -2.92. The second kappa shape index (κ2) is 3.40. The molecule has 0 aromatic rings. The first-order valence-corrected chi connectivity index (χ1v) is 6.42. The van der Waals surface area contributed by atoms with Crippen LogP contribution in [0.5, 0.6) is 0 Å². The second-order valence-corrected chi connectivity index (χ2v) is 5.98. The lowest BCUT2D eigenvalue weighted by molar-refractivity contribution is 0.135. The van der Waals surface area contributed by atoms with E-state index in [2.05, 4.69) is 22.6 Å². The lowest BCUT2D eigenvalue weighted by Gasteiger charge is -2.20. The third-order valence-electron chi connectivity index (χ3n) is 1.51. The van der Waals surface area contributed by atoms with Crippen LogP contribution in [0.25, 0.3) is 0 Å². The Morgan fingerprint density at radius 1 is 1.75 bits per heavy atom. The number of hydrogen-bond acceptors (Lipinski definition) is 3. The molecule has 1 heterocycles. The number of halogens is 1. The first-order chi connectivity index (χ1) is 5.40. The maximum absolute atomic E-state index is 11.7. The minimum Gasteiger partial charge on any atom is -0.306 e. The van der Waals surface area contributed by atoms with Crippen LogP contribution in [0.2, 0.25) is 0 Å². The van der Waals surface area contributed by atoms with Crippen LogP contribution in [-0.4, -0.2) is 12.2 Å². The third kappa shape index (κ3) is 2.10. The van der Waals surface area contributed by atoms with Crippen LogP contribution in [-0.2, 0) is 13.6 Å². The molecular weight excluding hydrogens is 290 g/mol. The van der Waals surface area contributed by atoms with E-state index in [0.717, 1.165) is 3.58 Å². The van der Waals surface area contributed by atoms with Gasteiger partial charge < -0.3 is 4.52 Å². The fraction of sp³-hybridized carbons (Fsp3) is 0.714. The van der Waals surface area contributed by atoms with Crippen molar-refractivity contribution >= 4 is 30.2 Å². The van der Waals surface area contributed by atoms with Gasteiger partial charge in [0, 0.05) is 9.40 Å². The molecule has 5 heteroatoms. The highest BCUT2D eigenvalue weighted by molar-refractivity contribution is 14.1. The smallest absolute Gasteiger partial charge is 0.306 e. The molecule has 0 aromatic carbocycles. The van der Waals surface area contributed by atoms with Gasteiger partial charge in [0.2, 0.25) is 0 Å². The van der Waals surface area contributed by atoms with Gasteiger partial charge in [0.05, 0.1) is 6.61 Å². The summed E-state index contributed by atoms with van der Waals surface area (Å²) < 4.78 is 23.0. The van der Waals surface area contributed by atoms with E-state index in [1.807, 2.05) is 13.8 Å². The Morgan fingerprint density at radius 3 is 2.67 bits per heavy atom. The Morgan fingerprint density at radius 2 is 2.33 bits per heavy atom. The molecule has 0 saturated carbocycles. The molecule has 0 aliphatic carbocycles. The minimum absolute atomic E-state index is 0.410. The highest BCUT2D eigenvalue weighted by Gasteiger charge is 2.41. The normalized spacial score (nSPS) is 33.5. The van der Waals surface area contributed by atoms with Gasteiger partial charge in [0.1, 0.15) is 5.60 Å². The van der Waals surface area contributed by atoms with Crippen molar-refractivity contribution in [2.75, 3.05) is 6.61 Å². The topological polar surface area (TPSA) is 35.5 Å². The fourth-order valence-corrected chi connectivity index (χ4v) is 4.10. The van der Waals surface area contributed by atoms with Gasteiger partial charge in [-0.25, -0.2) is 0 Å². The molecule has 70 valence electrons. The standard InChI is InChI=1S/C7H12IO3P/c1-4-10-12(9)5-6(8)7(2,3)11-12/h5H,4H2,1-3H3. The Hall–Kier alpha value is 0.620. The largest absolute Gasteiger partial charge is 0.355 e.